The molecule has 4 rings (SSSR count). The number of anilines is 1. The summed E-state index contributed by atoms with van der Waals surface area (Å²) in [7, 11) is 1.91. The third kappa shape index (κ3) is 8.87. The van der Waals surface area contributed by atoms with E-state index in [0.29, 0.717) is 17.4 Å². The van der Waals surface area contributed by atoms with Crippen LogP contribution in [-0.4, -0.2) is 102 Å². The smallest absolute Gasteiger partial charge is 0.419 e. The van der Waals surface area contributed by atoms with Crippen molar-refractivity contribution < 1.29 is 36.8 Å². The number of carbonyl (C=O) groups excluding carboxylic acids is 2. The molecule has 11 nitrogen and oxygen atoms in total. The second-order valence-corrected chi connectivity index (χ2v) is 16.9. The average molecular weight is 695 g/mol. The Hall–Kier alpha value is -3.64. The number of aromatic nitrogens is 3. The van der Waals surface area contributed by atoms with Crippen molar-refractivity contribution in [3.05, 3.63) is 35.7 Å². The Morgan fingerprint density at radius 3 is 2.42 bits per heavy atom. The number of methoxy groups -OCH3 is 1. The van der Waals surface area contributed by atoms with Gasteiger partial charge in [0.2, 0.25) is 5.95 Å². The average Bonchev–Trinajstić information content (AvgIpc) is 3.63. The summed E-state index contributed by atoms with van der Waals surface area (Å²) in [6, 6.07) is 3.16. The number of benzene rings is 1. The van der Waals surface area contributed by atoms with E-state index < -0.39 is 30.5 Å². The third-order valence-electron chi connectivity index (χ3n) is 8.44. The number of nitrogens with one attached hydrogen (secondary N) is 2. The number of unbranched alkanes of at least 4 members (excludes halogenated alkanes) is 1. The maximum Gasteiger partial charge on any atom is 0.419 e. The van der Waals surface area contributed by atoms with E-state index in [1.165, 1.54) is 38.8 Å². The van der Waals surface area contributed by atoms with Crippen LogP contribution in [0.3, 0.4) is 0 Å². The minimum Gasteiger partial charge on any atom is -0.465 e. The molecule has 2 N–H and O–H groups in total. The highest BCUT2D eigenvalue weighted by molar-refractivity contribution is 7.70. The van der Waals surface area contributed by atoms with Gasteiger partial charge in [-0.15, -0.1) is 0 Å². The molecule has 264 valence electrons. The standard InChI is InChI=1S/C33H46F3N6O5P/c1-32(2,3)47-31(44)42(5)16-10-9-15-41(4)21-12-11-20(17-21)39-30-38-19-25(33(34,35)36)26(40-30)24-18-37-27-22(24)13-14-23(29(43)46-6)28(27)48(7,8)45/h13-14,18-21,37H,9-12,15-17H2,1-8H3,(H,38,39,40)/t20-,21-/m0/s1. The van der Waals surface area contributed by atoms with Crippen LogP contribution < -0.4 is 10.6 Å². The lowest BCUT2D eigenvalue weighted by molar-refractivity contribution is -0.137. The van der Waals surface area contributed by atoms with Crippen LogP contribution in [0.25, 0.3) is 22.2 Å². The van der Waals surface area contributed by atoms with Crippen molar-refractivity contribution in [2.75, 3.05) is 52.9 Å². The molecular weight excluding hydrogens is 648 g/mol. The first-order valence-corrected chi connectivity index (χ1v) is 18.5. The van der Waals surface area contributed by atoms with Crippen LogP contribution in [0.2, 0.25) is 0 Å². The second-order valence-electron chi connectivity index (χ2n) is 13.8. The van der Waals surface area contributed by atoms with E-state index in [9.17, 15) is 27.3 Å². The minimum atomic E-state index is -4.74. The van der Waals surface area contributed by atoms with Crippen molar-refractivity contribution in [1.82, 2.24) is 24.8 Å². The number of esters is 1. The van der Waals surface area contributed by atoms with Gasteiger partial charge in [-0.2, -0.15) is 13.2 Å². The van der Waals surface area contributed by atoms with Gasteiger partial charge in [-0.05, 0) is 85.9 Å². The van der Waals surface area contributed by atoms with Gasteiger partial charge in [-0.1, -0.05) is 6.07 Å². The van der Waals surface area contributed by atoms with Gasteiger partial charge in [0.25, 0.3) is 0 Å². The maximum absolute atomic E-state index is 14.2. The molecule has 0 radical (unpaired) electrons. The second kappa shape index (κ2) is 14.5. The molecule has 0 unspecified atom stereocenters. The molecule has 1 aromatic carbocycles. The SMILES string of the molecule is COC(=O)c1ccc2c(-c3nc(N[C@H]4CC[C@H](N(C)CCCCN(C)C(=O)OC(C)(C)C)C4)ncc3C(F)(F)F)c[nH]c2c1P(C)(C)=O. The summed E-state index contributed by atoms with van der Waals surface area (Å²) >= 11 is 0. The number of hydrogen-bond donors (Lipinski definition) is 2. The zero-order valence-corrected chi connectivity index (χ0v) is 29.7. The van der Waals surface area contributed by atoms with Crippen LogP contribution in [0.15, 0.2) is 24.5 Å². The fourth-order valence-electron chi connectivity index (χ4n) is 6.07. The van der Waals surface area contributed by atoms with Gasteiger partial charge in [0.05, 0.1) is 23.9 Å². The van der Waals surface area contributed by atoms with E-state index in [4.69, 9.17) is 9.47 Å². The summed E-state index contributed by atoms with van der Waals surface area (Å²) in [5.41, 5.74) is -1.35. The number of aromatic amines is 1. The molecule has 48 heavy (non-hydrogen) atoms. The van der Waals surface area contributed by atoms with E-state index in [-0.39, 0.29) is 46.3 Å². The molecule has 0 bridgehead atoms. The van der Waals surface area contributed by atoms with Crippen LogP contribution in [0.5, 0.6) is 0 Å². The molecule has 2 heterocycles. The molecule has 1 aliphatic carbocycles. The Morgan fingerprint density at radius 1 is 1.10 bits per heavy atom. The molecule has 1 saturated carbocycles. The number of alkyl halides is 3. The van der Waals surface area contributed by atoms with Crippen molar-refractivity contribution in [3.8, 4) is 11.3 Å². The lowest BCUT2D eigenvalue weighted by atomic mass is 10.0. The third-order valence-corrected chi connectivity index (χ3v) is 9.98. The monoisotopic (exact) mass is 694 g/mol. The summed E-state index contributed by atoms with van der Waals surface area (Å²) in [6.07, 6.45) is 1.27. The van der Waals surface area contributed by atoms with Crippen molar-refractivity contribution in [1.29, 1.82) is 0 Å². The number of ether oxygens (including phenoxy) is 2. The summed E-state index contributed by atoms with van der Waals surface area (Å²) < 4.78 is 66.2. The van der Waals surface area contributed by atoms with E-state index in [1.807, 2.05) is 20.8 Å². The number of nitrogens with zero attached hydrogens (tertiary/aromatic N) is 4. The van der Waals surface area contributed by atoms with Gasteiger partial charge in [-0.25, -0.2) is 19.6 Å². The quantitative estimate of drug-likeness (QED) is 0.130. The molecule has 2 aromatic heterocycles. The molecule has 1 aliphatic rings. The molecule has 0 spiro atoms. The summed E-state index contributed by atoms with van der Waals surface area (Å²) in [5, 5.41) is 3.79. The number of H-pyrrole nitrogens is 1. The van der Waals surface area contributed by atoms with Crippen LogP contribution >= 0.6 is 7.14 Å². The van der Waals surface area contributed by atoms with E-state index in [0.717, 1.165) is 44.8 Å². The molecule has 1 fully saturated rings. The number of hydrogen-bond acceptors (Lipinski definition) is 9. The Bertz CT molecular complexity index is 1680. The Balaban J connectivity index is 1.48. The Labute approximate surface area is 279 Å². The van der Waals surface area contributed by atoms with Crippen LogP contribution in [0, 0.1) is 0 Å². The number of fused-ring (bicyclic) bond motifs is 1. The maximum atomic E-state index is 14.2. The lowest BCUT2D eigenvalue weighted by Gasteiger charge is -2.26. The van der Waals surface area contributed by atoms with E-state index in [1.54, 1.807) is 11.9 Å². The summed E-state index contributed by atoms with van der Waals surface area (Å²) in [4.78, 5) is 39.9. The molecule has 3 aromatic rings. The number of carbonyl (C=O) groups is 2. The fourth-order valence-corrected chi connectivity index (χ4v) is 7.54. The van der Waals surface area contributed by atoms with Gasteiger partial charge in [0, 0.05) is 54.3 Å². The predicted octanol–water partition coefficient (Wildman–Crippen LogP) is 6.59. The minimum absolute atomic E-state index is 0.0383. The first kappa shape index (κ1) is 37.2. The largest absolute Gasteiger partial charge is 0.465 e. The fraction of sp³-hybridized carbons (Fsp3) is 0.576. The van der Waals surface area contributed by atoms with Crippen molar-refractivity contribution in [2.24, 2.45) is 0 Å². The van der Waals surface area contributed by atoms with Crippen molar-refractivity contribution >= 4 is 41.4 Å². The van der Waals surface area contributed by atoms with Crippen LogP contribution in [0.4, 0.5) is 23.9 Å². The van der Waals surface area contributed by atoms with Crippen LogP contribution in [0.1, 0.15) is 68.8 Å². The van der Waals surface area contributed by atoms with Gasteiger partial charge in [0.15, 0.2) is 0 Å². The summed E-state index contributed by atoms with van der Waals surface area (Å²) in [6.45, 7) is 9.90. The molecule has 0 saturated heterocycles. The van der Waals surface area contributed by atoms with Crippen molar-refractivity contribution in [3.63, 3.8) is 0 Å². The molecule has 15 heteroatoms. The topological polar surface area (TPSA) is 130 Å². The molecule has 1 amide bonds. The number of amides is 1. The molecular formula is C33H46F3N6O5P. The lowest BCUT2D eigenvalue weighted by Crippen LogP contribution is -2.35. The first-order valence-electron chi connectivity index (χ1n) is 15.9. The van der Waals surface area contributed by atoms with Gasteiger partial charge in [0.1, 0.15) is 18.3 Å². The van der Waals surface area contributed by atoms with Gasteiger partial charge >= 0.3 is 18.2 Å². The highest BCUT2D eigenvalue weighted by atomic mass is 31.2. The van der Waals surface area contributed by atoms with Crippen LogP contribution in [-0.2, 0) is 20.2 Å². The summed E-state index contributed by atoms with van der Waals surface area (Å²) in [5.74, 6) is -0.614. The zero-order valence-electron chi connectivity index (χ0n) is 28.8. The zero-order chi connectivity index (χ0) is 35.6. The van der Waals surface area contributed by atoms with Gasteiger partial charge < -0.3 is 34.1 Å². The highest BCUT2D eigenvalue weighted by Crippen LogP contribution is 2.43. The Kier molecular flexibility index (Phi) is 11.2. The highest BCUT2D eigenvalue weighted by Gasteiger charge is 2.37. The normalized spacial score (nSPS) is 17.2. The van der Waals surface area contributed by atoms with E-state index in [2.05, 4.69) is 32.2 Å². The van der Waals surface area contributed by atoms with Gasteiger partial charge in [-0.3, -0.25) is 0 Å². The molecule has 0 aliphatic heterocycles. The molecule has 2 atom stereocenters. The van der Waals surface area contributed by atoms with E-state index >= 15 is 0 Å². The first-order chi connectivity index (χ1) is 22.3. The van der Waals surface area contributed by atoms with Crippen molar-refractivity contribution in [2.45, 2.75) is 76.7 Å². The number of rotatable bonds is 11. The predicted molar refractivity (Wildman–Crippen MR) is 181 cm³/mol. The Morgan fingerprint density at radius 2 is 1.79 bits per heavy atom. The number of halogens is 3.